The number of nitrogens with one attached hydrogen (secondary N) is 1. The van der Waals surface area contributed by atoms with Crippen LogP contribution in [-0.4, -0.2) is 30.1 Å². The lowest BCUT2D eigenvalue weighted by atomic mass is 10.1. The van der Waals surface area contributed by atoms with Crippen molar-refractivity contribution in [2.24, 2.45) is 5.92 Å². The van der Waals surface area contributed by atoms with E-state index in [4.69, 9.17) is 15.1 Å². The van der Waals surface area contributed by atoms with E-state index >= 15 is 0 Å². The highest BCUT2D eigenvalue weighted by Crippen LogP contribution is 2.16. The number of benzene rings is 1. The monoisotopic (exact) mass is 290 g/mol. The Hall–Kier alpha value is -2.55. The molecule has 0 aromatic heterocycles. The van der Waals surface area contributed by atoms with Crippen LogP contribution in [0.1, 0.15) is 25.3 Å². The molecule has 0 fully saturated rings. The van der Waals surface area contributed by atoms with E-state index < -0.39 is 11.9 Å². The Morgan fingerprint density at radius 3 is 2.81 bits per heavy atom. The molecule has 1 rings (SSSR count). The van der Waals surface area contributed by atoms with E-state index in [1.807, 2.05) is 6.07 Å². The van der Waals surface area contributed by atoms with Gasteiger partial charge in [-0.25, -0.2) is 0 Å². The lowest BCUT2D eigenvalue weighted by molar-refractivity contribution is -0.141. The highest BCUT2D eigenvalue weighted by Gasteiger charge is 2.10. The van der Waals surface area contributed by atoms with E-state index in [1.54, 1.807) is 31.2 Å². The number of aliphatic carboxylic acids is 1. The number of rotatable bonds is 8. The fourth-order valence-electron chi connectivity index (χ4n) is 1.64. The standard InChI is InChI=1S/C15H18N2O4/c1-11(15(19)20)5-4-8-17-14(18)10-21-13-7-3-2-6-12(13)9-16/h2-3,6-7,11H,4-5,8,10H2,1H3,(H,17,18)(H,19,20). The minimum absolute atomic E-state index is 0.173. The summed E-state index contributed by atoms with van der Waals surface area (Å²) in [5.41, 5.74) is 0.376. The third kappa shape index (κ3) is 5.95. The minimum Gasteiger partial charge on any atom is -0.482 e. The summed E-state index contributed by atoms with van der Waals surface area (Å²) in [5, 5.41) is 20.2. The molecule has 1 aromatic carbocycles. The Labute approximate surface area is 123 Å². The first-order valence-corrected chi connectivity index (χ1v) is 6.66. The zero-order valence-electron chi connectivity index (χ0n) is 11.8. The molecule has 0 aliphatic heterocycles. The summed E-state index contributed by atoms with van der Waals surface area (Å²) in [6.45, 7) is 1.86. The van der Waals surface area contributed by atoms with Gasteiger partial charge in [-0.1, -0.05) is 19.1 Å². The largest absolute Gasteiger partial charge is 0.482 e. The predicted octanol–water partition coefficient (Wildman–Crippen LogP) is 1.55. The second-order valence-electron chi connectivity index (χ2n) is 4.63. The third-order valence-electron chi connectivity index (χ3n) is 2.92. The van der Waals surface area contributed by atoms with E-state index in [1.165, 1.54) is 0 Å². The van der Waals surface area contributed by atoms with Crippen molar-refractivity contribution in [1.29, 1.82) is 5.26 Å². The number of ether oxygens (including phenoxy) is 1. The average Bonchev–Trinajstić information content (AvgIpc) is 2.49. The maximum Gasteiger partial charge on any atom is 0.306 e. The SMILES string of the molecule is CC(CCCNC(=O)COc1ccccc1C#N)C(=O)O. The van der Waals surface area contributed by atoms with Crippen LogP contribution in [0.15, 0.2) is 24.3 Å². The molecule has 0 saturated heterocycles. The summed E-state index contributed by atoms with van der Waals surface area (Å²) in [6, 6.07) is 8.66. The van der Waals surface area contributed by atoms with Gasteiger partial charge in [-0.05, 0) is 25.0 Å². The van der Waals surface area contributed by atoms with Crippen LogP contribution in [0.5, 0.6) is 5.75 Å². The Balaban J connectivity index is 2.26. The molecule has 1 aromatic rings. The van der Waals surface area contributed by atoms with Crippen molar-refractivity contribution in [1.82, 2.24) is 5.32 Å². The van der Waals surface area contributed by atoms with Crippen LogP contribution in [0.4, 0.5) is 0 Å². The van der Waals surface area contributed by atoms with Crippen molar-refractivity contribution in [3.8, 4) is 11.8 Å². The fourth-order valence-corrected chi connectivity index (χ4v) is 1.64. The van der Waals surface area contributed by atoms with Gasteiger partial charge in [-0.2, -0.15) is 5.26 Å². The number of nitriles is 1. The first-order chi connectivity index (χ1) is 10.0. The summed E-state index contributed by atoms with van der Waals surface area (Å²) < 4.78 is 5.28. The average molecular weight is 290 g/mol. The molecule has 1 atom stereocenters. The summed E-state index contributed by atoms with van der Waals surface area (Å²) in [7, 11) is 0. The summed E-state index contributed by atoms with van der Waals surface area (Å²) in [6.07, 6.45) is 1.10. The number of carboxylic acids is 1. The van der Waals surface area contributed by atoms with Crippen molar-refractivity contribution in [2.45, 2.75) is 19.8 Å². The molecule has 0 radical (unpaired) electrons. The summed E-state index contributed by atoms with van der Waals surface area (Å²) in [5.74, 6) is -1.18. The molecule has 0 bridgehead atoms. The van der Waals surface area contributed by atoms with Gasteiger partial charge < -0.3 is 15.2 Å². The van der Waals surface area contributed by atoms with Gasteiger partial charge in [0.1, 0.15) is 11.8 Å². The van der Waals surface area contributed by atoms with Crippen molar-refractivity contribution in [3.63, 3.8) is 0 Å². The smallest absolute Gasteiger partial charge is 0.306 e. The maximum absolute atomic E-state index is 11.6. The number of carboxylic acid groups (broad SMARTS) is 1. The van der Waals surface area contributed by atoms with Crippen molar-refractivity contribution >= 4 is 11.9 Å². The van der Waals surface area contributed by atoms with Gasteiger partial charge in [-0.3, -0.25) is 9.59 Å². The van der Waals surface area contributed by atoms with Gasteiger partial charge in [-0.15, -0.1) is 0 Å². The minimum atomic E-state index is -0.835. The number of hydrogen-bond donors (Lipinski definition) is 2. The molecular weight excluding hydrogens is 272 g/mol. The molecule has 2 N–H and O–H groups in total. The van der Waals surface area contributed by atoms with E-state index in [0.29, 0.717) is 30.7 Å². The zero-order valence-corrected chi connectivity index (χ0v) is 11.8. The number of carbonyl (C=O) groups is 2. The number of amides is 1. The Morgan fingerprint density at radius 2 is 2.14 bits per heavy atom. The van der Waals surface area contributed by atoms with Gasteiger partial charge in [0, 0.05) is 6.54 Å². The Bertz CT molecular complexity index is 537. The predicted molar refractivity (Wildman–Crippen MR) is 75.7 cm³/mol. The molecule has 21 heavy (non-hydrogen) atoms. The lowest BCUT2D eigenvalue weighted by Gasteiger charge is -2.09. The van der Waals surface area contributed by atoms with Crippen LogP contribution in [0.2, 0.25) is 0 Å². The molecule has 0 spiro atoms. The molecule has 112 valence electrons. The summed E-state index contributed by atoms with van der Waals surface area (Å²) in [4.78, 5) is 22.2. The van der Waals surface area contributed by atoms with E-state index in [-0.39, 0.29) is 12.5 Å². The van der Waals surface area contributed by atoms with E-state index in [0.717, 1.165) is 0 Å². The summed E-state index contributed by atoms with van der Waals surface area (Å²) >= 11 is 0. The van der Waals surface area contributed by atoms with Crippen molar-refractivity contribution < 1.29 is 19.4 Å². The van der Waals surface area contributed by atoms with Crippen LogP contribution in [0.3, 0.4) is 0 Å². The molecule has 0 heterocycles. The number of hydrogen-bond acceptors (Lipinski definition) is 4. The fraction of sp³-hybridized carbons (Fsp3) is 0.400. The van der Waals surface area contributed by atoms with Crippen molar-refractivity contribution in [3.05, 3.63) is 29.8 Å². The number of carbonyl (C=O) groups excluding carboxylic acids is 1. The first kappa shape index (κ1) is 16.5. The first-order valence-electron chi connectivity index (χ1n) is 6.66. The molecular formula is C15H18N2O4. The second kappa shape index (κ2) is 8.59. The number of nitrogens with zero attached hydrogens (tertiary/aromatic N) is 1. The van der Waals surface area contributed by atoms with Crippen LogP contribution < -0.4 is 10.1 Å². The molecule has 1 unspecified atom stereocenters. The molecule has 0 aliphatic rings. The quantitative estimate of drug-likeness (QED) is 0.708. The Morgan fingerprint density at radius 1 is 1.43 bits per heavy atom. The van der Waals surface area contributed by atoms with Gasteiger partial charge in [0.15, 0.2) is 6.61 Å². The van der Waals surface area contributed by atoms with Crippen LogP contribution in [-0.2, 0) is 9.59 Å². The van der Waals surface area contributed by atoms with Crippen molar-refractivity contribution in [2.75, 3.05) is 13.2 Å². The molecule has 1 amide bonds. The molecule has 6 nitrogen and oxygen atoms in total. The van der Waals surface area contributed by atoms with Crippen LogP contribution in [0.25, 0.3) is 0 Å². The molecule has 0 saturated carbocycles. The zero-order chi connectivity index (χ0) is 15.7. The number of para-hydroxylation sites is 1. The van der Waals surface area contributed by atoms with E-state index in [9.17, 15) is 9.59 Å². The molecule has 6 heteroatoms. The van der Waals surface area contributed by atoms with Gasteiger partial charge in [0.2, 0.25) is 0 Å². The highest BCUT2D eigenvalue weighted by molar-refractivity contribution is 5.77. The van der Waals surface area contributed by atoms with Crippen LogP contribution in [0, 0.1) is 17.2 Å². The van der Waals surface area contributed by atoms with Crippen LogP contribution >= 0.6 is 0 Å². The Kier molecular flexibility index (Phi) is 6.75. The van der Waals surface area contributed by atoms with Gasteiger partial charge in [0.25, 0.3) is 5.91 Å². The van der Waals surface area contributed by atoms with Gasteiger partial charge >= 0.3 is 5.97 Å². The normalized spacial score (nSPS) is 11.2. The highest BCUT2D eigenvalue weighted by atomic mass is 16.5. The second-order valence-corrected chi connectivity index (χ2v) is 4.63. The van der Waals surface area contributed by atoms with E-state index in [2.05, 4.69) is 5.32 Å². The third-order valence-corrected chi connectivity index (χ3v) is 2.92. The van der Waals surface area contributed by atoms with Gasteiger partial charge in [0.05, 0.1) is 11.5 Å². The maximum atomic E-state index is 11.6. The molecule has 0 aliphatic carbocycles. The topological polar surface area (TPSA) is 99.4 Å². The lowest BCUT2D eigenvalue weighted by Crippen LogP contribution is -2.30.